The van der Waals surface area contributed by atoms with Crippen LogP contribution in [0.1, 0.15) is 17.5 Å². The summed E-state index contributed by atoms with van der Waals surface area (Å²) in [5.41, 5.74) is 5.04. The van der Waals surface area contributed by atoms with E-state index in [-0.39, 0.29) is 5.91 Å². The minimum absolute atomic E-state index is 0.00194. The molecule has 1 aromatic rings. The Labute approximate surface area is 100 Å². The fourth-order valence-corrected chi connectivity index (χ4v) is 2.26. The van der Waals surface area contributed by atoms with Crippen molar-refractivity contribution >= 4 is 17.2 Å². The van der Waals surface area contributed by atoms with Crippen molar-refractivity contribution < 1.29 is 4.79 Å². The zero-order chi connectivity index (χ0) is 11.8. The Morgan fingerprint density at radius 2 is 2.24 bits per heavy atom. The van der Waals surface area contributed by atoms with E-state index in [1.54, 1.807) is 0 Å². The largest absolute Gasteiger partial charge is 0.321 e. The zero-order valence-corrected chi connectivity index (χ0v) is 9.66. The number of hydrogen-bond donors (Lipinski definition) is 1. The highest BCUT2D eigenvalue weighted by Gasteiger charge is 2.25. The third-order valence-electron chi connectivity index (χ3n) is 3.18. The fraction of sp³-hybridized carbons (Fsp3) is 0.133. The van der Waals surface area contributed by atoms with Crippen molar-refractivity contribution in [3.8, 4) is 0 Å². The number of amides is 1. The third kappa shape index (κ3) is 1.62. The number of aryl methyl sites for hydroxylation is 1. The van der Waals surface area contributed by atoms with E-state index in [0.717, 1.165) is 28.8 Å². The molecule has 1 aliphatic carbocycles. The number of fused-ring (bicyclic) bond motifs is 1. The van der Waals surface area contributed by atoms with Gasteiger partial charge in [0.05, 0.1) is 5.69 Å². The Morgan fingerprint density at radius 1 is 1.35 bits per heavy atom. The quantitative estimate of drug-likeness (QED) is 0.728. The van der Waals surface area contributed by atoms with Crippen LogP contribution in [-0.2, 0) is 4.79 Å². The minimum atomic E-state index is 0.00194. The second-order valence-electron chi connectivity index (χ2n) is 4.38. The number of rotatable bonds is 1. The first-order chi connectivity index (χ1) is 8.25. The number of carbonyl (C=O) groups excluding carboxylic acids is 1. The average molecular weight is 223 g/mol. The van der Waals surface area contributed by atoms with Crippen LogP contribution in [0.3, 0.4) is 0 Å². The molecule has 0 aromatic heterocycles. The van der Waals surface area contributed by atoms with Crippen LogP contribution in [0.15, 0.2) is 48.1 Å². The molecule has 1 aromatic carbocycles. The van der Waals surface area contributed by atoms with E-state index < -0.39 is 0 Å². The van der Waals surface area contributed by atoms with Crippen LogP contribution in [0.2, 0.25) is 0 Å². The summed E-state index contributed by atoms with van der Waals surface area (Å²) in [5.74, 6) is 0.00194. The van der Waals surface area contributed by atoms with Gasteiger partial charge in [-0.2, -0.15) is 0 Å². The second kappa shape index (κ2) is 3.74. The summed E-state index contributed by atoms with van der Waals surface area (Å²) in [6.45, 7) is 2.01. The van der Waals surface area contributed by atoms with Gasteiger partial charge in [-0.1, -0.05) is 36.4 Å². The van der Waals surface area contributed by atoms with E-state index in [2.05, 4.69) is 11.4 Å². The van der Waals surface area contributed by atoms with Gasteiger partial charge >= 0.3 is 0 Å². The maximum Gasteiger partial charge on any atom is 0.256 e. The molecule has 3 rings (SSSR count). The first kappa shape index (κ1) is 10.1. The van der Waals surface area contributed by atoms with Crippen molar-refractivity contribution in [3.05, 3.63) is 59.2 Å². The molecule has 1 aliphatic heterocycles. The Bertz CT molecular complexity index is 591. The van der Waals surface area contributed by atoms with Crippen LogP contribution in [-0.4, -0.2) is 5.91 Å². The predicted octanol–water partition coefficient (Wildman–Crippen LogP) is 3.22. The number of benzene rings is 1. The molecular weight excluding hydrogens is 210 g/mol. The normalized spacial score (nSPS) is 19.5. The summed E-state index contributed by atoms with van der Waals surface area (Å²) in [4.78, 5) is 11.9. The van der Waals surface area contributed by atoms with E-state index in [0.29, 0.717) is 0 Å². The first-order valence-electron chi connectivity index (χ1n) is 5.74. The third-order valence-corrected chi connectivity index (χ3v) is 3.18. The molecule has 0 saturated carbocycles. The van der Waals surface area contributed by atoms with Crippen molar-refractivity contribution in [1.82, 2.24) is 0 Å². The van der Waals surface area contributed by atoms with Gasteiger partial charge in [-0.05, 0) is 30.6 Å². The molecule has 0 spiro atoms. The molecule has 1 amide bonds. The lowest BCUT2D eigenvalue weighted by molar-refractivity contribution is -0.110. The van der Waals surface area contributed by atoms with Gasteiger partial charge in [0, 0.05) is 11.1 Å². The molecule has 0 radical (unpaired) electrons. The van der Waals surface area contributed by atoms with Gasteiger partial charge in [-0.15, -0.1) is 0 Å². The van der Waals surface area contributed by atoms with Crippen LogP contribution in [0.4, 0.5) is 5.69 Å². The lowest BCUT2D eigenvalue weighted by atomic mass is 10.0. The topological polar surface area (TPSA) is 29.1 Å². The molecular formula is C15H13NO. The van der Waals surface area contributed by atoms with Gasteiger partial charge in [0.1, 0.15) is 0 Å². The summed E-state index contributed by atoms with van der Waals surface area (Å²) >= 11 is 0. The summed E-state index contributed by atoms with van der Waals surface area (Å²) < 4.78 is 0. The standard InChI is InChI=1S/C15H13NO/c1-10-5-4-8-12-13(15(17)16-14(10)12)9-11-6-2-3-7-11/h2-6,8-9H,7H2,1H3,(H,16,17)/b13-9-. The molecule has 1 heterocycles. The van der Waals surface area contributed by atoms with Gasteiger partial charge in [-0.25, -0.2) is 0 Å². The smallest absolute Gasteiger partial charge is 0.256 e. The molecule has 0 saturated heterocycles. The van der Waals surface area contributed by atoms with Crippen LogP contribution in [0.25, 0.3) is 5.57 Å². The molecule has 84 valence electrons. The highest BCUT2D eigenvalue weighted by Crippen LogP contribution is 2.35. The van der Waals surface area contributed by atoms with E-state index in [9.17, 15) is 4.79 Å². The Kier molecular flexibility index (Phi) is 2.22. The van der Waals surface area contributed by atoms with Crippen molar-refractivity contribution in [2.45, 2.75) is 13.3 Å². The molecule has 2 heteroatoms. The summed E-state index contributed by atoms with van der Waals surface area (Å²) in [5, 5.41) is 2.93. The van der Waals surface area contributed by atoms with Gasteiger partial charge in [0.25, 0.3) is 5.91 Å². The number of para-hydroxylation sites is 1. The maximum absolute atomic E-state index is 11.9. The van der Waals surface area contributed by atoms with Gasteiger partial charge in [-0.3, -0.25) is 4.79 Å². The van der Waals surface area contributed by atoms with Crippen molar-refractivity contribution in [3.63, 3.8) is 0 Å². The van der Waals surface area contributed by atoms with Crippen molar-refractivity contribution in [1.29, 1.82) is 0 Å². The fourth-order valence-electron chi connectivity index (χ4n) is 2.26. The highest BCUT2D eigenvalue weighted by atomic mass is 16.2. The monoisotopic (exact) mass is 223 g/mol. The Balaban J connectivity index is 2.08. The van der Waals surface area contributed by atoms with E-state index in [1.807, 2.05) is 43.4 Å². The molecule has 2 aliphatic rings. The molecule has 1 N–H and O–H groups in total. The predicted molar refractivity (Wildman–Crippen MR) is 69.6 cm³/mol. The summed E-state index contributed by atoms with van der Waals surface area (Å²) in [6, 6.07) is 6.00. The summed E-state index contributed by atoms with van der Waals surface area (Å²) in [7, 11) is 0. The number of anilines is 1. The van der Waals surface area contributed by atoms with E-state index >= 15 is 0 Å². The van der Waals surface area contributed by atoms with E-state index in [1.165, 1.54) is 5.57 Å². The Hall–Kier alpha value is -2.09. The molecule has 17 heavy (non-hydrogen) atoms. The molecule has 0 unspecified atom stereocenters. The maximum atomic E-state index is 11.9. The van der Waals surface area contributed by atoms with Gasteiger partial charge in [0.2, 0.25) is 0 Å². The van der Waals surface area contributed by atoms with Crippen LogP contribution < -0.4 is 5.32 Å². The van der Waals surface area contributed by atoms with Crippen LogP contribution in [0.5, 0.6) is 0 Å². The molecule has 0 fully saturated rings. The van der Waals surface area contributed by atoms with Crippen LogP contribution >= 0.6 is 0 Å². The zero-order valence-electron chi connectivity index (χ0n) is 9.66. The van der Waals surface area contributed by atoms with Crippen molar-refractivity contribution in [2.24, 2.45) is 0 Å². The minimum Gasteiger partial charge on any atom is -0.321 e. The van der Waals surface area contributed by atoms with Crippen LogP contribution in [0, 0.1) is 6.92 Å². The van der Waals surface area contributed by atoms with Gasteiger partial charge < -0.3 is 5.32 Å². The van der Waals surface area contributed by atoms with Gasteiger partial charge in [0.15, 0.2) is 0 Å². The number of hydrogen-bond acceptors (Lipinski definition) is 1. The molecule has 0 bridgehead atoms. The first-order valence-corrected chi connectivity index (χ1v) is 5.74. The second-order valence-corrected chi connectivity index (χ2v) is 4.38. The molecule has 0 atom stereocenters. The number of carbonyl (C=O) groups is 1. The lowest BCUT2D eigenvalue weighted by Gasteiger charge is -2.01. The number of nitrogens with one attached hydrogen (secondary N) is 1. The highest BCUT2D eigenvalue weighted by molar-refractivity contribution is 6.32. The molecule has 2 nitrogen and oxygen atoms in total. The Morgan fingerprint density at radius 3 is 3.00 bits per heavy atom. The number of allylic oxidation sites excluding steroid dienone is 5. The summed E-state index contributed by atoms with van der Waals surface area (Å²) in [6.07, 6.45) is 9.07. The van der Waals surface area contributed by atoms with Crippen molar-refractivity contribution in [2.75, 3.05) is 5.32 Å². The van der Waals surface area contributed by atoms with E-state index in [4.69, 9.17) is 0 Å². The SMILES string of the molecule is Cc1cccc2c1NC(=O)/C2=C\C1=CC=CC1. The average Bonchev–Trinajstić information content (AvgIpc) is 2.91. The lowest BCUT2D eigenvalue weighted by Crippen LogP contribution is -2.04.